The smallest absolute Gasteiger partial charge is 0.307 e. The second-order valence-corrected chi connectivity index (χ2v) is 4.21. The zero-order chi connectivity index (χ0) is 14.4. The van der Waals surface area contributed by atoms with Crippen LogP contribution in [0.4, 0.5) is 0 Å². The standard InChI is InChI=1S/C14H19NO4/c1-4-15(8-7-13(17)19-3)14(18)11-6-5-10(2)12(16)9-11/h5-6,9,16H,4,7-8H2,1-3H3. The molecule has 0 aromatic heterocycles. The van der Waals surface area contributed by atoms with Gasteiger partial charge in [0.25, 0.3) is 5.91 Å². The van der Waals surface area contributed by atoms with Gasteiger partial charge in [0.1, 0.15) is 5.75 Å². The Bertz CT molecular complexity index is 471. The van der Waals surface area contributed by atoms with Crippen LogP contribution in [0.3, 0.4) is 0 Å². The minimum absolute atomic E-state index is 0.0925. The highest BCUT2D eigenvalue weighted by atomic mass is 16.5. The maximum Gasteiger partial charge on any atom is 0.307 e. The van der Waals surface area contributed by atoms with Crippen LogP contribution < -0.4 is 0 Å². The van der Waals surface area contributed by atoms with Crippen molar-refractivity contribution in [1.82, 2.24) is 4.90 Å². The first-order chi connectivity index (χ1) is 8.99. The fourth-order valence-corrected chi connectivity index (χ4v) is 1.66. The quantitative estimate of drug-likeness (QED) is 0.823. The fourth-order valence-electron chi connectivity index (χ4n) is 1.66. The minimum Gasteiger partial charge on any atom is -0.508 e. The molecular formula is C14H19NO4. The van der Waals surface area contributed by atoms with E-state index in [1.807, 2.05) is 6.92 Å². The van der Waals surface area contributed by atoms with Crippen LogP contribution in [0.2, 0.25) is 0 Å². The van der Waals surface area contributed by atoms with Gasteiger partial charge in [0.15, 0.2) is 0 Å². The number of aryl methyl sites for hydroxylation is 1. The lowest BCUT2D eigenvalue weighted by molar-refractivity contribution is -0.140. The molecule has 0 atom stereocenters. The van der Waals surface area contributed by atoms with Gasteiger partial charge in [-0.1, -0.05) is 6.07 Å². The molecule has 1 amide bonds. The first kappa shape index (κ1) is 15.0. The summed E-state index contributed by atoms with van der Waals surface area (Å²) in [7, 11) is 1.32. The largest absolute Gasteiger partial charge is 0.508 e. The maximum absolute atomic E-state index is 12.2. The number of nitrogens with zero attached hydrogens (tertiary/aromatic N) is 1. The lowest BCUT2D eigenvalue weighted by Crippen LogP contribution is -2.33. The third-order valence-electron chi connectivity index (χ3n) is 2.94. The van der Waals surface area contributed by atoms with Gasteiger partial charge in [0.2, 0.25) is 0 Å². The van der Waals surface area contributed by atoms with Gasteiger partial charge in [-0.05, 0) is 31.5 Å². The predicted molar refractivity (Wildman–Crippen MR) is 71.1 cm³/mol. The zero-order valence-corrected chi connectivity index (χ0v) is 11.5. The molecule has 1 rings (SSSR count). The summed E-state index contributed by atoms with van der Waals surface area (Å²) < 4.78 is 4.55. The lowest BCUT2D eigenvalue weighted by Gasteiger charge is -2.20. The molecule has 0 aliphatic rings. The number of benzene rings is 1. The Hall–Kier alpha value is -2.04. The van der Waals surface area contributed by atoms with E-state index in [1.165, 1.54) is 13.2 Å². The summed E-state index contributed by atoms with van der Waals surface area (Å²) in [5, 5.41) is 9.61. The highest BCUT2D eigenvalue weighted by Crippen LogP contribution is 2.18. The Morgan fingerprint density at radius 3 is 2.58 bits per heavy atom. The van der Waals surface area contributed by atoms with Crippen molar-refractivity contribution in [2.45, 2.75) is 20.3 Å². The van der Waals surface area contributed by atoms with Crippen LogP contribution >= 0.6 is 0 Å². The molecule has 0 radical (unpaired) electrons. The Balaban J connectivity index is 2.77. The van der Waals surface area contributed by atoms with E-state index in [0.717, 1.165) is 0 Å². The zero-order valence-electron chi connectivity index (χ0n) is 11.5. The number of methoxy groups -OCH3 is 1. The van der Waals surface area contributed by atoms with Crippen molar-refractivity contribution in [3.63, 3.8) is 0 Å². The summed E-state index contributed by atoms with van der Waals surface area (Å²) in [6, 6.07) is 4.80. The lowest BCUT2D eigenvalue weighted by atomic mass is 10.1. The van der Waals surface area contributed by atoms with E-state index < -0.39 is 0 Å². The van der Waals surface area contributed by atoms with Crippen LogP contribution in [0.1, 0.15) is 29.3 Å². The van der Waals surface area contributed by atoms with Crippen LogP contribution in [-0.4, -0.2) is 42.1 Å². The Morgan fingerprint density at radius 2 is 2.05 bits per heavy atom. The molecule has 1 aromatic rings. The van der Waals surface area contributed by atoms with Crippen molar-refractivity contribution in [3.05, 3.63) is 29.3 Å². The molecular weight excluding hydrogens is 246 g/mol. The Labute approximate surface area is 112 Å². The SMILES string of the molecule is CCN(CCC(=O)OC)C(=O)c1ccc(C)c(O)c1. The molecule has 104 valence electrons. The molecule has 0 heterocycles. The number of rotatable bonds is 5. The number of esters is 1. The van der Waals surface area contributed by atoms with Gasteiger partial charge in [-0.3, -0.25) is 9.59 Å². The third kappa shape index (κ3) is 3.98. The van der Waals surface area contributed by atoms with Gasteiger partial charge in [-0.2, -0.15) is 0 Å². The number of hydrogen-bond donors (Lipinski definition) is 1. The van der Waals surface area contributed by atoms with Gasteiger partial charge >= 0.3 is 5.97 Å². The van der Waals surface area contributed by atoms with Crippen LogP contribution in [-0.2, 0) is 9.53 Å². The Morgan fingerprint density at radius 1 is 1.37 bits per heavy atom. The second-order valence-electron chi connectivity index (χ2n) is 4.21. The number of phenols is 1. The Kier molecular flexibility index (Phi) is 5.36. The second kappa shape index (κ2) is 6.78. The average molecular weight is 265 g/mol. The molecule has 5 nitrogen and oxygen atoms in total. The van der Waals surface area contributed by atoms with E-state index in [-0.39, 0.29) is 24.0 Å². The molecule has 0 bridgehead atoms. The highest BCUT2D eigenvalue weighted by Gasteiger charge is 2.16. The van der Waals surface area contributed by atoms with Gasteiger partial charge < -0.3 is 14.7 Å². The summed E-state index contributed by atoms with van der Waals surface area (Å²) in [5.41, 5.74) is 1.13. The fraction of sp³-hybridized carbons (Fsp3) is 0.429. The molecule has 0 saturated heterocycles. The highest BCUT2D eigenvalue weighted by molar-refractivity contribution is 5.94. The minimum atomic E-state index is -0.349. The summed E-state index contributed by atoms with van der Waals surface area (Å²) >= 11 is 0. The summed E-state index contributed by atoms with van der Waals surface area (Å²) in [5.74, 6) is -0.463. The van der Waals surface area contributed by atoms with E-state index in [0.29, 0.717) is 24.2 Å². The monoisotopic (exact) mass is 265 g/mol. The average Bonchev–Trinajstić information content (AvgIpc) is 2.41. The van der Waals surface area contributed by atoms with Gasteiger partial charge in [-0.25, -0.2) is 0 Å². The predicted octanol–water partition coefficient (Wildman–Crippen LogP) is 1.73. The van der Waals surface area contributed by atoms with E-state index in [9.17, 15) is 14.7 Å². The van der Waals surface area contributed by atoms with Crippen molar-refractivity contribution in [3.8, 4) is 5.75 Å². The third-order valence-corrected chi connectivity index (χ3v) is 2.94. The molecule has 0 unspecified atom stereocenters. The topological polar surface area (TPSA) is 66.8 Å². The number of ether oxygens (including phenoxy) is 1. The van der Waals surface area contributed by atoms with Crippen molar-refractivity contribution in [2.24, 2.45) is 0 Å². The number of hydrogen-bond acceptors (Lipinski definition) is 4. The first-order valence-electron chi connectivity index (χ1n) is 6.15. The molecule has 0 saturated carbocycles. The molecule has 1 aromatic carbocycles. The number of carbonyl (C=O) groups is 2. The molecule has 0 aliphatic carbocycles. The molecule has 0 fully saturated rings. The number of amides is 1. The number of aromatic hydroxyl groups is 1. The van der Waals surface area contributed by atoms with Crippen molar-refractivity contribution >= 4 is 11.9 Å². The number of phenolic OH excluding ortho intramolecular Hbond substituents is 1. The van der Waals surface area contributed by atoms with Crippen LogP contribution in [0.15, 0.2) is 18.2 Å². The van der Waals surface area contributed by atoms with E-state index in [4.69, 9.17) is 0 Å². The van der Waals surface area contributed by atoms with Gasteiger partial charge in [-0.15, -0.1) is 0 Å². The van der Waals surface area contributed by atoms with E-state index in [2.05, 4.69) is 4.74 Å². The van der Waals surface area contributed by atoms with Gasteiger partial charge in [0, 0.05) is 18.7 Å². The van der Waals surface area contributed by atoms with Crippen molar-refractivity contribution < 1.29 is 19.4 Å². The van der Waals surface area contributed by atoms with E-state index >= 15 is 0 Å². The maximum atomic E-state index is 12.2. The van der Waals surface area contributed by atoms with E-state index in [1.54, 1.807) is 24.0 Å². The number of carbonyl (C=O) groups excluding carboxylic acids is 2. The normalized spacial score (nSPS) is 10.1. The van der Waals surface area contributed by atoms with Crippen molar-refractivity contribution in [2.75, 3.05) is 20.2 Å². The molecule has 0 aliphatic heterocycles. The van der Waals surface area contributed by atoms with Gasteiger partial charge in [0.05, 0.1) is 13.5 Å². The van der Waals surface area contributed by atoms with Crippen molar-refractivity contribution in [1.29, 1.82) is 0 Å². The molecule has 1 N–H and O–H groups in total. The summed E-state index contributed by atoms with van der Waals surface area (Å²) in [6.45, 7) is 4.39. The van der Waals surface area contributed by atoms with Crippen LogP contribution in [0, 0.1) is 6.92 Å². The molecule has 5 heteroatoms. The van der Waals surface area contributed by atoms with Crippen LogP contribution in [0.5, 0.6) is 5.75 Å². The van der Waals surface area contributed by atoms with Crippen LogP contribution in [0.25, 0.3) is 0 Å². The molecule has 19 heavy (non-hydrogen) atoms. The summed E-state index contributed by atoms with van der Waals surface area (Å²) in [6.07, 6.45) is 0.161. The first-order valence-corrected chi connectivity index (χ1v) is 6.15. The molecule has 0 spiro atoms. The summed E-state index contributed by atoms with van der Waals surface area (Å²) in [4.78, 5) is 24.8.